The van der Waals surface area contributed by atoms with Crippen molar-refractivity contribution in [1.82, 2.24) is 0 Å². The van der Waals surface area contributed by atoms with Gasteiger partial charge in [-0.1, -0.05) is 0 Å². The van der Waals surface area contributed by atoms with Crippen LogP contribution in [-0.4, -0.2) is 40.4 Å². The maximum atomic E-state index is 8.86. The Hall–Kier alpha value is -0.160. The van der Waals surface area contributed by atoms with Crippen LogP contribution in [0.1, 0.15) is 6.42 Å². The van der Waals surface area contributed by atoms with Crippen molar-refractivity contribution in [1.29, 1.82) is 0 Å². The Morgan fingerprint density at radius 1 is 1.11 bits per heavy atom. The zero-order valence-corrected chi connectivity index (χ0v) is 4.90. The van der Waals surface area contributed by atoms with Crippen LogP contribution in [0.4, 0.5) is 0 Å². The van der Waals surface area contributed by atoms with Crippen molar-refractivity contribution in [3.8, 4) is 0 Å². The van der Waals surface area contributed by atoms with Crippen LogP contribution in [0.3, 0.4) is 0 Å². The smallest absolute Gasteiger partial charge is 0.157 e. The van der Waals surface area contributed by atoms with E-state index in [1.165, 1.54) is 0 Å². The Morgan fingerprint density at radius 3 is 2.22 bits per heavy atom. The summed E-state index contributed by atoms with van der Waals surface area (Å²) in [5, 5.41) is 26.4. The Balaban J connectivity index is 2.35. The van der Waals surface area contributed by atoms with Crippen LogP contribution in [0, 0.1) is 0 Å². The lowest BCUT2D eigenvalue weighted by Gasteiger charge is -2.26. The van der Waals surface area contributed by atoms with Gasteiger partial charge in [0.15, 0.2) is 6.29 Å². The molecule has 0 saturated carbocycles. The van der Waals surface area contributed by atoms with Gasteiger partial charge in [0, 0.05) is 6.42 Å². The number of hydrogen-bond acceptors (Lipinski definition) is 4. The van der Waals surface area contributed by atoms with E-state index in [2.05, 4.69) is 4.74 Å². The molecule has 3 N–H and O–H groups in total. The lowest BCUT2D eigenvalue weighted by Crippen LogP contribution is -2.40. The van der Waals surface area contributed by atoms with Crippen molar-refractivity contribution in [3.05, 3.63) is 0 Å². The zero-order valence-electron chi connectivity index (χ0n) is 4.90. The van der Waals surface area contributed by atoms with Gasteiger partial charge in [-0.05, 0) is 0 Å². The standard InChI is InChI=1S/C5H10O4/c6-3-1-5(8)9-2-4(3)7/h3-8H,1-2H2/t3-,4+,5?/m0/s1/i1+1. The Kier molecular flexibility index (Phi) is 2.02. The number of rotatable bonds is 0. The molecule has 0 radical (unpaired) electrons. The van der Waals surface area contributed by atoms with Crippen LogP contribution in [0.25, 0.3) is 0 Å². The predicted molar refractivity (Wildman–Crippen MR) is 28.6 cm³/mol. The minimum atomic E-state index is -0.914. The molecule has 0 aromatic carbocycles. The molecule has 4 nitrogen and oxygen atoms in total. The summed E-state index contributed by atoms with van der Waals surface area (Å²) in [5.41, 5.74) is 0. The van der Waals surface area contributed by atoms with Gasteiger partial charge < -0.3 is 20.1 Å². The fraction of sp³-hybridized carbons (Fsp3) is 1.00. The molecule has 1 heterocycles. The molecule has 0 bridgehead atoms. The molecule has 1 aliphatic rings. The van der Waals surface area contributed by atoms with Crippen molar-refractivity contribution in [3.63, 3.8) is 0 Å². The molecular formula is C5H10O4. The van der Waals surface area contributed by atoms with Gasteiger partial charge in [0.05, 0.1) is 12.7 Å². The van der Waals surface area contributed by atoms with Crippen LogP contribution >= 0.6 is 0 Å². The monoisotopic (exact) mass is 135 g/mol. The van der Waals surface area contributed by atoms with Gasteiger partial charge in [0.2, 0.25) is 0 Å². The summed E-state index contributed by atoms with van der Waals surface area (Å²) in [6, 6.07) is 0. The van der Waals surface area contributed by atoms with Gasteiger partial charge in [-0.15, -0.1) is 0 Å². The van der Waals surface area contributed by atoms with E-state index in [1.54, 1.807) is 0 Å². The van der Waals surface area contributed by atoms with Crippen LogP contribution in [-0.2, 0) is 4.74 Å². The minimum absolute atomic E-state index is 0.0162. The predicted octanol–water partition coefficient (Wildman–Crippen LogP) is -1.55. The summed E-state index contributed by atoms with van der Waals surface area (Å²) >= 11 is 0. The Morgan fingerprint density at radius 2 is 1.78 bits per heavy atom. The van der Waals surface area contributed by atoms with Gasteiger partial charge in [-0.25, -0.2) is 0 Å². The van der Waals surface area contributed by atoms with Crippen LogP contribution in [0.2, 0.25) is 0 Å². The largest absolute Gasteiger partial charge is 0.390 e. The van der Waals surface area contributed by atoms with Crippen LogP contribution in [0.5, 0.6) is 0 Å². The molecule has 3 atom stereocenters. The summed E-state index contributed by atoms with van der Waals surface area (Å²) in [6.07, 6.45) is -2.49. The van der Waals surface area contributed by atoms with E-state index in [0.29, 0.717) is 0 Å². The van der Waals surface area contributed by atoms with Gasteiger partial charge in [-0.3, -0.25) is 0 Å². The summed E-state index contributed by atoms with van der Waals surface area (Å²) in [4.78, 5) is 0. The molecule has 1 aliphatic heterocycles. The Labute approximate surface area is 52.7 Å². The highest BCUT2D eigenvalue weighted by Gasteiger charge is 2.26. The average molecular weight is 135 g/mol. The summed E-state index contributed by atoms with van der Waals surface area (Å²) in [5.74, 6) is 0. The first-order valence-electron chi connectivity index (χ1n) is 2.86. The van der Waals surface area contributed by atoms with Gasteiger partial charge in [0.1, 0.15) is 6.10 Å². The fourth-order valence-corrected chi connectivity index (χ4v) is 0.752. The van der Waals surface area contributed by atoms with Crippen LogP contribution < -0.4 is 0 Å². The number of aliphatic hydroxyl groups excluding tert-OH is 3. The molecule has 0 aromatic heterocycles. The van der Waals surface area contributed by atoms with E-state index in [-0.39, 0.29) is 13.0 Å². The van der Waals surface area contributed by atoms with E-state index in [1.807, 2.05) is 0 Å². The number of ether oxygens (including phenoxy) is 1. The second-order valence-electron chi connectivity index (χ2n) is 2.16. The first-order chi connectivity index (χ1) is 4.20. The summed E-state index contributed by atoms with van der Waals surface area (Å²) in [6.45, 7) is 0.0162. The third-order valence-corrected chi connectivity index (χ3v) is 1.35. The third kappa shape index (κ3) is 1.62. The van der Waals surface area contributed by atoms with Crippen molar-refractivity contribution in [2.45, 2.75) is 24.9 Å². The fourth-order valence-electron chi connectivity index (χ4n) is 0.752. The van der Waals surface area contributed by atoms with Gasteiger partial charge in [0.25, 0.3) is 0 Å². The quantitative estimate of drug-likeness (QED) is 0.351. The molecular weight excluding hydrogens is 125 g/mol. The third-order valence-electron chi connectivity index (χ3n) is 1.35. The maximum Gasteiger partial charge on any atom is 0.157 e. The van der Waals surface area contributed by atoms with E-state index >= 15 is 0 Å². The maximum absolute atomic E-state index is 8.86. The van der Waals surface area contributed by atoms with E-state index in [4.69, 9.17) is 15.3 Å². The Bertz CT molecular complexity index is 95.0. The molecule has 1 saturated heterocycles. The first kappa shape index (κ1) is 6.95. The highest BCUT2D eigenvalue weighted by atomic mass is 16.6. The van der Waals surface area contributed by atoms with Crippen molar-refractivity contribution in [2.24, 2.45) is 0 Å². The highest BCUT2D eigenvalue weighted by Crippen LogP contribution is 2.11. The normalized spacial score (nSPS) is 45.0. The lowest BCUT2D eigenvalue weighted by atomic mass is 10.2. The van der Waals surface area contributed by atoms with E-state index in [9.17, 15) is 0 Å². The summed E-state index contributed by atoms with van der Waals surface area (Å²) in [7, 11) is 0. The topological polar surface area (TPSA) is 69.9 Å². The molecule has 0 aromatic rings. The minimum Gasteiger partial charge on any atom is -0.390 e. The van der Waals surface area contributed by atoms with Crippen LogP contribution in [0.15, 0.2) is 0 Å². The van der Waals surface area contributed by atoms with Gasteiger partial charge >= 0.3 is 0 Å². The molecule has 0 spiro atoms. The first-order valence-corrected chi connectivity index (χ1v) is 2.86. The van der Waals surface area contributed by atoms with Gasteiger partial charge in [-0.2, -0.15) is 0 Å². The average Bonchev–Trinajstić information content (AvgIpc) is 1.80. The molecule has 54 valence electrons. The molecule has 9 heavy (non-hydrogen) atoms. The number of hydrogen-bond donors (Lipinski definition) is 3. The lowest BCUT2D eigenvalue weighted by molar-refractivity contribution is -0.193. The SMILES string of the molecule is OC1[13CH2][C@H](O)[C@H](O)CO1. The van der Waals surface area contributed by atoms with E-state index < -0.39 is 18.5 Å². The van der Waals surface area contributed by atoms with E-state index in [0.717, 1.165) is 0 Å². The molecule has 1 unspecified atom stereocenters. The molecule has 0 aliphatic carbocycles. The molecule has 4 heteroatoms. The second kappa shape index (κ2) is 2.62. The second-order valence-corrected chi connectivity index (χ2v) is 2.16. The molecule has 1 rings (SSSR count). The van der Waals surface area contributed by atoms with Crippen molar-refractivity contribution < 1.29 is 20.1 Å². The number of aliphatic hydroxyl groups is 3. The van der Waals surface area contributed by atoms with Crippen molar-refractivity contribution >= 4 is 0 Å². The summed E-state index contributed by atoms with van der Waals surface area (Å²) < 4.78 is 4.61. The molecule has 1 fully saturated rings. The van der Waals surface area contributed by atoms with Crippen molar-refractivity contribution in [2.75, 3.05) is 6.61 Å². The molecule has 0 amide bonds. The zero-order chi connectivity index (χ0) is 6.85. The highest BCUT2D eigenvalue weighted by molar-refractivity contribution is 4.72.